The van der Waals surface area contributed by atoms with Gasteiger partial charge in [-0.05, 0) is 24.6 Å². The molecule has 5 N–H and O–H groups in total. The van der Waals surface area contributed by atoms with E-state index in [0.29, 0.717) is 12.4 Å². The summed E-state index contributed by atoms with van der Waals surface area (Å²) in [5, 5.41) is 19.7. The molecule has 0 heterocycles. The maximum Gasteiger partial charge on any atom is 0.326 e. The highest BCUT2D eigenvalue weighted by atomic mass is 16.5. The number of aliphatic carboxylic acids is 2. The first-order valence-electron chi connectivity index (χ1n) is 6.63. The number of nitrogens with two attached hydrogens (primary N) is 1. The molecule has 1 amide bonds. The molecule has 1 rings (SSSR count). The second kappa shape index (κ2) is 7.87. The minimum absolute atomic E-state index is 0.123. The molecule has 0 aliphatic carbocycles. The van der Waals surface area contributed by atoms with Crippen molar-refractivity contribution in [2.45, 2.75) is 25.8 Å². The number of ether oxygens (including phenoxy) is 1. The van der Waals surface area contributed by atoms with Crippen molar-refractivity contribution in [3.05, 3.63) is 23.8 Å². The molecule has 0 aliphatic heterocycles. The number of amides is 1. The average Bonchev–Trinajstić information content (AvgIpc) is 2.44. The van der Waals surface area contributed by atoms with Gasteiger partial charge < -0.3 is 26.0 Å². The predicted molar refractivity (Wildman–Crippen MR) is 77.8 cm³/mol. The number of benzene rings is 1. The Labute approximate surface area is 126 Å². The lowest BCUT2D eigenvalue weighted by atomic mass is 10.1. The van der Waals surface area contributed by atoms with Gasteiger partial charge in [0.2, 0.25) is 0 Å². The first-order valence-corrected chi connectivity index (χ1v) is 6.63. The number of nitrogens with one attached hydrogen (secondary N) is 1. The number of carboxylic acids is 2. The third-order valence-corrected chi connectivity index (χ3v) is 2.72. The van der Waals surface area contributed by atoms with Gasteiger partial charge in [0.15, 0.2) is 0 Å². The number of carbonyl (C=O) groups excluding carboxylic acids is 1. The lowest BCUT2D eigenvalue weighted by Crippen LogP contribution is -2.42. The molecule has 22 heavy (non-hydrogen) atoms. The summed E-state index contributed by atoms with van der Waals surface area (Å²) in [6, 6.07) is 2.77. The summed E-state index contributed by atoms with van der Waals surface area (Å²) >= 11 is 0. The van der Waals surface area contributed by atoms with Gasteiger partial charge in [-0.25, -0.2) is 4.79 Å². The number of hydrogen-bond donors (Lipinski definition) is 4. The normalized spacial score (nSPS) is 11.5. The largest absolute Gasteiger partial charge is 0.491 e. The molecule has 1 aromatic rings. The molecule has 120 valence electrons. The van der Waals surface area contributed by atoms with Crippen LogP contribution in [0.4, 0.5) is 5.69 Å². The van der Waals surface area contributed by atoms with E-state index in [4.69, 9.17) is 20.7 Å². The standard InChI is InChI=1S/C14H18N2O6/c1-2-5-22-11-4-3-8(6-9(11)15)13(19)16-10(14(20)21)7-12(17)18/h3-4,6,10H,2,5,7,15H2,1H3,(H,16,19)(H,17,18)(H,20,21). The van der Waals surface area contributed by atoms with Crippen LogP contribution in [-0.4, -0.2) is 40.7 Å². The average molecular weight is 310 g/mol. The smallest absolute Gasteiger partial charge is 0.326 e. The second-order valence-electron chi connectivity index (χ2n) is 4.56. The Balaban J connectivity index is 2.82. The van der Waals surface area contributed by atoms with E-state index in [9.17, 15) is 14.4 Å². The minimum atomic E-state index is -1.51. The van der Waals surface area contributed by atoms with E-state index >= 15 is 0 Å². The molecule has 0 spiro atoms. The van der Waals surface area contributed by atoms with Crippen LogP contribution in [0.1, 0.15) is 30.1 Å². The highest BCUT2D eigenvalue weighted by molar-refractivity contribution is 5.98. The zero-order valence-corrected chi connectivity index (χ0v) is 12.0. The zero-order chi connectivity index (χ0) is 16.7. The number of nitrogen functional groups attached to an aromatic ring is 1. The second-order valence-corrected chi connectivity index (χ2v) is 4.56. The van der Waals surface area contributed by atoms with Gasteiger partial charge in [-0.2, -0.15) is 0 Å². The van der Waals surface area contributed by atoms with E-state index in [1.54, 1.807) is 0 Å². The van der Waals surface area contributed by atoms with Crippen LogP contribution in [0, 0.1) is 0 Å². The summed E-state index contributed by atoms with van der Waals surface area (Å²) in [4.78, 5) is 33.5. The van der Waals surface area contributed by atoms with E-state index in [0.717, 1.165) is 6.42 Å². The van der Waals surface area contributed by atoms with Gasteiger partial charge in [-0.15, -0.1) is 0 Å². The number of rotatable bonds is 8. The van der Waals surface area contributed by atoms with Gasteiger partial charge in [-0.3, -0.25) is 9.59 Å². The Morgan fingerprint density at radius 3 is 2.50 bits per heavy atom. The highest BCUT2D eigenvalue weighted by Crippen LogP contribution is 2.22. The van der Waals surface area contributed by atoms with E-state index in [-0.39, 0.29) is 11.3 Å². The fourth-order valence-electron chi connectivity index (χ4n) is 1.65. The molecule has 0 bridgehead atoms. The van der Waals surface area contributed by atoms with Crippen molar-refractivity contribution in [3.8, 4) is 5.75 Å². The fraction of sp³-hybridized carbons (Fsp3) is 0.357. The van der Waals surface area contributed by atoms with Gasteiger partial charge in [-0.1, -0.05) is 6.92 Å². The quantitative estimate of drug-likeness (QED) is 0.519. The van der Waals surface area contributed by atoms with Crippen LogP contribution in [0.2, 0.25) is 0 Å². The van der Waals surface area contributed by atoms with Crippen LogP contribution >= 0.6 is 0 Å². The Morgan fingerprint density at radius 1 is 1.32 bits per heavy atom. The predicted octanol–water partition coefficient (Wildman–Crippen LogP) is 0.715. The first-order chi connectivity index (χ1) is 10.3. The number of hydrogen-bond acceptors (Lipinski definition) is 5. The summed E-state index contributed by atoms with van der Waals surface area (Å²) in [7, 11) is 0. The number of anilines is 1. The van der Waals surface area contributed by atoms with Crippen LogP contribution in [0.3, 0.4) is 0 Å². The van der Waals surface area contributed by atoms with Crippen molar-refractivity contribution in [1.82, 2.24) is 5.32 Å². The maximum atomic E-state index is 12.0. The zero-order valence-electron chi connectivity index (χ0n) is 12.0. The van der Waals surface area contributed by atoms with Crippen molar-refractivity contribution < 1.29 is 29.3 Å². The molecule has 8 heteroatoms. The molecule has 1 unspecified atom stereocenters. The van der Waals surface area contributed by atoms with Gasteiger partial charge in [0, 0.05) is 5.56 Å². The third kappa shape index (κ3) is 4.97. The van der Waals surface area contributed by atoms with Crippen molar-refractivity contribution in [3.63, 3.8) is 0 Å². The molecule has 0 fully saturated rings. The molecule has 0 aromatic heterocycles. The summed E-state index contributed by atoms with van der Waals surface area (Å²) in [5.74, 6) is -3.04. The molecule has 1 aromatic carbocycles. The minimum Gasteiger partial charge on any atom is -0.491 e. The van der Waals surface area contributed by atoms with Gasteiger partial charge in [0.25, 0.3) is 5.91 Å². The van der Waals surface area contributed by atoms with Gasteiger partial charge >= 0.3 is 11.9 Å². The molecule has 0 aliphatic rings. The third-order valence-electron chi connectivity index (χ3n) is 2.72. The van der Waals surface area contributed by atoms with Crippen LogP contribution in [-0.2, 0) is 9.59 Å². The molecular weight excluding hydrogens is 292 g/mol. The topological polar surface area (TPSA) is 139 Å². The van der Waals surface area contributed by atoms with E-state index in [1.165, 1.54) is 18.2 Å². The van der Waals surface area contributed by atoms with Crippen LogP contribution < -0.4 is 15.8 Å². The Kier molecular flexibility index (Phi) is 6.18. The lowest BCUT2D eigenvalue weighted by Gasteiger charge is -2.13. The summed E-state index contributed by atoms with van der Waals surface area (Å²) in [5.41, 5.74) is 6.12. The molecule has 8 nitrogen and oxygen atoms in total. The van der Waals surface area contributed by atoms with E-state index in [2.05, 4.69) is 5.32 Å². The molecule has 0 radical (unpaired) electrons. The SMILES string of the molecule is CCCOc1ccc(C(=O)NC(CC(=O)O)C(=O)O)cc1N. The first kappa shape index (κ1) is 17.3. The van der Waals surface area contributed by atoms with Crippen LogP contribution in [0.15, 0.2) is 18.2 Å². The Bertz CT molecular complexity index is 572. The highest BCUT2D eigenvalue weighted by Gasteiger charge is 2.23. The van der Waals surface area contributed by atoms with E-state index < -0.39 is 30.3 Å². The van der Waals surface area contributed by atoms with Crippen molar-refractivity contribution >= 4 is 23.5 Å². The fourth-order valence-corrected chi connectivity index (χ4v) is 1.65. The summed E-state index contributed by atoms with van der Waals surface area (Å²) < 4.78 is 5.36. The van der Waals surface area contributed by atoms with Crippen LogP contribution in [0.5, 0.6) is 5.75 Å². The van der Waals surface area contributed by atoms with E-state index in [1.807, 2.05) is 6.92 Å². The Morgan fingerprint density at radius 2 is 2.00 bits per heavy atom. The molecular formula is C14H18N2O6. The molecule has 0 saturated carbocycles. The summed E-state index contributed by atoms with van der Waals surface area (Å²) in [6.45, 7) is 2.42. The molecule has 1 atom stereocenters. The number of carbonyl (C=O) groups is 3. The summed E-state index contributed by atoms with van der Waals surface area (Å²) in [6.07, 6.45) is 0.0887. The maximum absolute atomic E-state index is 12.0. The lowest BCUT2D eigenvalue weighted by molar-refractivity contribution is -0.145. The molecule has 0 saturated heterocycles. The van der Waals surface area contributed by atoms with Gasteiger partial charge in [0.05, 0.1) is 18.7 Å². The number of carboxylic acid groups (broad SMARTS) is 2. The van der Waals surface area contributed by atoms with Crippen molar-refractivity contribution in [2.24, 2.45) is 0 Å². The van der Waals surface area contributed by atoms with Crippen molar-refractivity contribution in [2.75, 3.05) is 12.3 Å². The van der Waals surface area contributed by atoms with Gasteiger partial charge in [0.1, 0.15) is 11.8 Å². The monoisotopic (exact) mass is 310 g/mol. The Hall–Kier alpha value is -2.77. The van der Waals surface area contributed by atoms with Crippen LogP contribution in [0.25, 0.3) is 0 Å². The van der Waals surface area contributed by atoms with Crippen molar-refractivity contribution in [1.29, 1.82) is 0 Å².